The number of carbonyl (C=O) groups is 1. The number of hydrogen-bond acceptors (Lipinski definition) is 3. The number of likely N-dealkylation sites (tertiary alicyclic amines) is 1. The summed E-state index contributed by atoms with van der Waals surface area (Å²) in [6.45, 7) is 4.13. The van der Waals surface area contributed by atoms with E-state index < -0.39 is 21.4 Å². The summed E-state index contributed by atoms with van der Waals surface area (Å²) >= 11 is 0. The Kier molecular flexibility index (Phi) is 2.36. The van der Waals surface area contributed by atoms with Gasteiger partial charge in [0.2, 0.25) is 5.91 Å². The Morgan fingerprint density at radius 1 is 1.62 bits per heavy atom. The normalized spacial score (nSPS) is 28.8. The van der Waals surface area contributed by atoms with Crippen molar-refractivity contribution in [3.8, 4) is 0 Å². The van der Waals surface area contributed by atoms with Crippen molar-refractivity contribution in [2.75, 3.05) is 18.8 Å². The number of rotatable bonds is 3. The molecule has 0 aromatic rings. The molecule has 1 atom stereocenters. The molecule has 1 aliphatic heterocycles. The minimum atomic E-state index is -4.55. The number of β-lactam (4-membered cyclic amide) rings is 1. The second-order valence-corrected chi connectivity index (χ2v) is 4.93. The Bertz CT molecular complexity index is 327. The summed E-state index contributed by atoms with van der Waals surface area (Å²) in [6, 6.07) is 0. The quantitative estimate of drug-likeness (QED) is 0.491. The van der Waals surface area contributed by atoms with Gasteiger partial charge in [0.25, 0.3) is 0 Å². The van der Waals surface area contributed by atoms with Crippen LogP contribution < -0.4 is 0 Å². The van der Waals surface area contributed by atoms with E-state index in [4.69, 9.17) is 0 Å². The first kappa shape index (κ1) is 10.4. The largest absolute Gasteiger partial charge is 0.341 e. The zero-order valence-corrected chi connectivity index (χ0v) is 8.40. The van der Waals surface area contributed by atoms with E-state index in [9.17, 15) is 17.1 Å². The highest BCUT2D eigenvalue weighted by atomic mass is 32.3. The molecule has 0 spiro atoms. The van der Waals surface area contributed by atoms with Crippen LogP contribution in [0.2, 0.25) is 0 Å². The summed E-state index contributed by atoms with van der Waals surface area (Å²) < 4.78 is 33.0. The van der Waals surface area contributed by atoms with E-state index in [2.05, 4.69) is 0 Å². The van der Waals surface area contributed by atoms with E-state index in [0.29, 0.717) is 13.1 Å². The SMILES string of the molecule is CCN1CC(C)(CS(=O)(=O)F)C1=O. The van der Waals surface area contributed by atoms with Crippen LogP contribution in [0.15, 0.2) is 0 Å². The molecule has 1 fully saturated rings. The molecule has 6 heteroatoms. The van der Waals surface area contributed by atoms with Gasteiger partial charge in [-0.1, -0.05) is 0 Å². The molecule has 0 N–H and O–H groups in total. The van der Waals surface area contributed by atoms with E-state index >= 15 is 0 Å². The standard InChI is InChI=1S/C7H12FNO3S/c1-3-9-4-7(2,6(9)10)5-13(8,11)12/h3-5H2,1-2H3. The molecule has 0 aliphatic carbocycles. The molecule has 0 aromatic carbocycles. The molecular formula is C7H12FNO3S. The second kappa shape index (κ2) is 2.94. The monoisotopic (exact) mass is 209 g/mol. The molecular weight excluding hydrogens is 197 g/mol. The van der Waals surface area contributed by atoms with Gasteiger partial charge in [-0.05, 0) is 13.8 Å². The van der Waals surface area contributed by atoms with E-state index in [1.54, 1.807) is 6.92 Å². The maximum atomic E-state index is 12.3. The van der Waals surface area contributed by atoms with Crippen LogP contribution >= 0.6 is 0 Å². The van der Waals surface area contributed by atoms with Gasteiger partial charge in [0.15, 0.2) is 0 Å². The van der Waals surface area contributed by atoms with Crippen molar-refractivity contribution in [3.05, 3.63) is 0 Å². The molecule has 0 saturated carbocycles. The van der Waals surface area contributed by atoms with Crippen molar-refractivity contribution < 1.29 is 17.1 Å². The van der Waals surface area contributed by atoms with Crippen LogP contribution in [-0.4, -0.2) is 38.1 Å². The van der Waals surface area contributed by atoms with Crippen LogP contribution in [0, 0.1) is 5.41 Å². The second-order valence-electron chi connectivity index (χ2n) is 3.56. The summed E-state index contributed by atoms with van der Waals surface area (Å²) in [4.78, 5) is 12.8. The smallest absolute Gasteiger partial charge is 0.303 e. The highest BCUT2D eigenvalue weighted by Gasteiger charge is 2.50. The first-order valence-electron chi connectivity index (χ1n) is 4.00. The lowest BCUT2D eigenvalue weighted by molar-refractivity contribution is -0.155. The first-order valence-corrected chi connectivity index (χ1v) is 5.55. The zero-order valence-electron chi connectivity index (χ0n) is 7.58. The van der Waals surface area contributed by atoms with Crippen molar-refractivity contribution in [1.29, 1.82) is 0 Å². The molecule has 4 nitrogen and oxygen atoms in total. The first-order chi connectivity index (χ1) is 5.78. The third kappa shape index (κ3) is 1.99. The van der Waals surface area contributed by atoms with Crippen molar-refractivity contribution >= 4 is 16.1 Å². The van der Waals surface area contributed by atoms with E-state index in [-0.39, 0.29) is 5.91 Å². The summed E-state index contributed by atoms with van der Waals surface area (Å²) in [5, 5.41) is 0. The third-order valence-corrected chi connectivity index (χ3v) is 3.20. The van der Waals surface area contributed by atoms with Gasteiger partial charge < -0.3 is 4.90 Å². The Labute approximate surface area is 76.9 Å². The van der Waals surface area contributed by atoms with E-state index in [0.717, 1.165) is 0 Å². The van der Waals surface area contributed by atoms with Crippen LogP contribution in [0.25, 0.3) is 0 Å². The fourth-order valence-corrected chi connectivity index (χ4v) is 2.57. The van der Waals surface area contributed by atoms with Gasteiger partial charge in [0.1, 0.15) is 0 Å². The number of carbonyl (C=O) groups excluding carboxylic acids is 1. The predicted molar refractivity (Wildman–Crippen MR) is 45.3 cm³/mol. The van der Waals surface area contributed by atoms with E-state index in [1.807, 2.05) is 0 Å². The van der Waals surface area contributed by atoms with Crippen molar-refractivity contribution in [3.63, 3.8) is 0 Å². The lowest BCUT2D eigenvalue weighted by atomic mass is 9.83. The highest BCUT2D eigenvalue weighted by molar-refractivity contribution is 7.86. The number of amides is 1. The number of nitrogens with zero attached hydrogens (tertiary/aromatic N) is 1. The van der Waals surface area contributed by atoms with Crippen molar-refractivity contribution in [2.45, 2.75) is 13.8 Å². The van der Waals surface area contributed by atoms with Gasteiger partial charge in [-0.25, -0.2) is 0 Å². The number of hydrogen-bond donors (Lipinski definition) is 0. The van der Waals surface area contributed by atoms with E-state index in [1.165, 1.54) is 11.8 Å². The summed E-state index contributed by atoms with van der Waals surface area (Å²) in [5.74, 6) is -0.980. The van der Waals surface area contributed by atoms with Gasteiger partial charge in [0, 0.05) is 13.1 Å². The topological polar surface area (TPSA) is 54.5 Å². The van der Waals surface area contributed by atoms with Gasteiger partial charge in [-0.15, -0.1) is 3.89 Å². The van der Waals surface area contributed by atoms with Crippen LogP contribution in [0.4, 0.5) is 3.89 Å². The zero-order chi connectivity index (χ0) is 10.3. The molecule has 76 valence electrons. The predicted octanol–water partition coefficient (Wildman–Crippen LogP) is 0.154. The molecule has 1 rings (SSSR count). The van der Waals surface area contributed by atoms with Gasteiger partial charge in [-0.3, -0.25) is 4.79 Å². The minimum Gasteiger partial charge on any atom is -0.341 e. The molecule has 0 radical (unpaired) electrons. The Hall–Kier alpha value is -0.650. The molecule has 1 aliphatic rings. The van der Waals surface area contributed by atoms with Gasteiger partial charge >= 0.3 is 10.2 Å². The Balaban J connectivity index is 2.68. The molecule has 0 bridgehead atoms. The lowest BCUT2D eigenvalue weighted by Gasteiger charge is -2.45. The third-order valence-electron chi connectivity index (χ3n) is 2.22. The van der Waals surface area contributed by atoms with Crippen LogP contribution in [0.3, 0.4) is 0 Å². The molecule has 1 saturated heterocycles. The highest BCUT2D eigenvalue weighted by Crippen LogP contribution is 2.32. The van der Waals surface area contributed by atoms with Crippen LogP contribution in [-0.2, 0) is 15.0 Å². The average Bonchev–Trinajstić information content (AvgIpc) is 1.96. The number of halogens is 1. The molecule has 0 aromatic heterocycles. The lowest BCUT2D eigenvalue weighted by Crippen LogP contribution is -2.62. The van der Waals surface area contributed by atoms with Gasteiger partial charge in [0.05, 0.1) is 11.2 Å². The maximum Gasteiger partial charge on any atom is 0.303 e. The van der Waals surface area contributed by atoms with Crippen LogP contribution in [0.1, 0.15) is 13.8 Å². The molecule has 1 heterocycles. The Morgan fingerprint density at radius 2 is 2.15 bits per heavy atom. The molecule has 1 unspecified atom stereocenters. The molecule has 13 heavy (non-hydrogen) atoms. The van der Waals surface area contributed by atoms with Crippen molar-refractivity contribution in [1.82, 2.24) is 4.90 Å². The fraction of sp³-hybridized carbons (Fsp3) is 0.857. The summed E-state index contributed by atoms with van der Waals surface area (Å²) in [5.41, 5.74) is -1.04. The fourth-order valence-electron chi connectivity index (χ4n) is 1.59. The van der Waals surface area contributed by atoms with Gasteiger partial charge in [-0.2, -0.15) is 8.42 Å². The summed E-state index contributed by atoms with van der Waals surface area (Å²) in [6.07, 6.45) is 0. The van der Waals surface area contributed by atoms with Crippen LogP contribution in [0.5, 0.6) is 0 Å². The van der Waals surface area contributed by atoms with Crippen molar-refractivity contribution in [2.24, 2.45) is 5.41 Å². The Morgan fingerprint density at radius 3 is 2.46 bits per heavy atom. The summed E-state index contributed by atoms with van der Waals surface area (Å²) in [7, 11) is -4.55. The minimum absolute atomic E-state index is 0.281. The molecule has 1 amide bonds. The maximum absolute atomic E-state index is 12.3. The average molecular weight is 209 g/mol.